The van der Waals surface area contributed by atoms with Crippen molar-refractivity contribution < 1.29 is 14.3 Å². The molecule has 1 atom stereocenters. The van der Waals surface area contributed by atoms with Gasteiger partial charge in [-0.2, -0.15) is 0 Å². The van der Waals surface area contributed by atoms with Gasteiger partial charge in [-0.1, -0.05) is 60.7 Å². The lowest BCUT2D eigenvalue weighted by Crippen LogP contribution is -2.49. The summed E-state index contributed by atoms with van der Waals surface area (Å²) in [6.45, 7) is 0.616. The molecule has 0 aromatic heterocycles. The Hall–Kier alpha value is -3.77. The van der Waals surface area contributed by atoms with Crippen molar-refractivity contribution in [1.82, 2.24) is 0 Å². The minimum absolute atomic E-state index is 0.0491. The van der Waals surface area contributed by atoms with Crippen LogP contribution in [0.1, 0.15) is 27.7 Å². The van der Waals surface area contributed by atoms with Crippen LogP contribution in [0.4, 0.5) is 11.4 Å². The highest BCUT2D eigenvalue weighted by Gasteiger charge is 2.40. The van der Waals surface area contributed by atoms with Crippen LogP contribution in [0.2, 0.25) is 0 Å². The van der Waals surface area contributed by atoms with E-state index < -0.39 is 6.17 Å². The molecule has 0 unspecified atom stereocenters. The molecule has 1 aliphatic rings. The second-order valence-corrected chi connectivity index (χ2v) is 9.11. The first kappa shape index (κ1) is 23.0. The van der Waals surface area contributed by atoms with Crippen LogP contribution in [-0.4, -0.2) is 20.1 Å². The number of fused-ring (bicyclic) bond motifs is 1. The zero-order valence-electron chi connectivity index (χ0n) is 19.5. The standard InChI is InChI=1S/C29H25BrN2O3/c1-34-26-18-21(17-24(30)27(26)35-2)28-31(19-20-11-5-3-6-12-20)25-16-10-9-15-23(25)29(33)32(28)22-13-7-4-8-14-22/h3-18,28H,19H2,1-2H3/t28-/m0/s1. The summed E-state index contributed by atoms with van der Waals surface area (Å²) in [4.78, 5) is 18.1. The minimum Gasteiger partial charge on any atom is -0.493 e. The largest absolute Gasteiger partial charge is 0.493 e. The average Bonchev–Trinajstić information content (AvgIpc) is 2.90. The number of nitrogens with zero attached hydrogens (tertiary/aromatic N) is 2. The van der Waals surface area contributed by atoms with E-state index >= 15 is 0 Å². The van der Waals surface area contributed by atoms with E-state index in [2.05, 4.69) is 33.0 Å². The van der Waals surface area contributed by atoms with E-state index in [1.54, 1.807) is 14.2 Å². The third-order valence-corrected chi connectivity index (χ3v) is 6.78. The highest BCUT2D eigenvalue weighted by atomic mass is 79.9. The van der Waals surface area contributed by atoms with Crippen LogP contribution in [0.3, 0.4) is 0 Å². The van der Waals surface area contributed by atoms with Crippen molar-refractivity contribution in [2.75, 3.05) is 24.0 Å². The van der Waals surface area contributed by atoms with Crippen LogP contribution in [0.25, 0.3) is 0 Å². The molecule has 5 rings (SSSR count). The number of rotatable bonds is 6. The first-order valence-corrected chi connectivity index (χ1v) is 12.1. The number of carbonyl (C=O) groups is 1. The summed E-state index contributed by atoms with van der Waals surface area (Å²) in [6, 6.07) is 31.8. The Morgan fingerprint density at radius 2 is 1.49 bits per heavy atom. The van der Waals surface area contributed by atoms with Gasteiger partial charge >= 0.3 is 0 Å². The third kappa shape index (κ3) is 4.26. The van der Waals surface area contributed by atoms with Gasteiger partial charge in [0.15, 0.2) is 11.5 Å². The molecule has 176 valence electrons. The van der Waals surface area contributed by atoms with Crippen LogP contribution in [0.15, 0.2) is 102 Å². The van der Waals surface area contributed by atoms with E-state index in [-0.39, 0.29) is 5.91 Å². The number of anilines is 2. The van der Waals surface area contributed by atoms with E-state index in [1.165, 1.54) is 0 Å². The third-order valence-electron chi connectivity index (χ3n) is 6.19. The van der Waals surface area contributed by atoms with E-state index in [9.17, 15) is 4.79 Å². The summed E-state index contributed by atoms with van der Waals surface area (Å²) >= 11 is 3.65. The van der Waals surface area contributed by atoms with Gasteiger partial charge in [-0.05, 0) is 57.9 Å². The number of hydrogen-bond acceptors (Lipinski definition) is 4. The molecule has 1 heterocycles. The number of amides is 1. The SMILES string of the molecule is COc1cc([C@H]2N(Cc3ccccc3)c3ccccc3C(=O)N2c2ccccc2)cc(Br)c1OC. The van der Waals surface area contributed by atoms with E-state index in [1.807, 2.05) is 89.8 Å². The van der Waals surface area contributed by atoms with Gasteiger partial charge in [0.2, 0.25) is 0 Å². The molecule has 0 saturated heterocycles. The molecule has 6 heteroatoms. The lowest BCUT2D eigenvalue weighted by molar-refractivity contribution is 0.0968. The maximum atomic E-state index is 14.0. The quantitative estimate of drug-likeness (QED) is 0.275. The maximum Gasteiger partial charge on any atom is 0.262 e. The van der Waals surface area contributed by atoms with Gasteiger partial charge in [-0.15, -0.1) is 0 Å². The summed E-state index contributed by atoms with van der Waals surface area (Å²) < 4.78 is 12.0. The molecule has 1 amide bonds. The first-order chi connectivity index (χ1) is 17.1. The number of benzene rings is 4. The van der Waals surface area contributed by atoms with Crippen LogP contribution < -0.4 is 19.3 Å². The van der Waals surface area contributed by atoms with Crippen LogP contribution in [0, 0.1) is 0 Å². The fourth-order valence-corrected chi connectivity index (χ4v) is 5.25. The monoisotopic (exact) mass is 528 g/mol. The molecule has 0 spiro atoms. The predicted octanol–water partition coefficient (Wildman–Crippen LogP) is 6.83. The molecule has 0 saturated carbocycles. The first-order valence-electron chi connectivity index (χ1n) is 11.3. The Morgan fingerprint density at radius 3 is 2.17 bits per heavy atom. The average molecular weight is 529 g/mol. The number of carbonyl (C=O) groups excluding carboxylic acids is 1. The molecular weight excluding hydrogens is 504 g/mol. The Kier molecular flexibility index (Phi) is 6.47. The zero-order chi connectivity index (χ0) is 24.4. The van der Waals surface area contributed by atoms with Crippen molar-refractivity contribution in [3.05, 3.63) is 118 Å². The summed E-state index contributed by atoms with van der Waals surface area (Å²) in [5, 5.41) is 0. The summed E-state index contributed by atoms with van der Waals surface area (Å²) in [6.07, 6.45) is -0.420. The number of hydrogen-bond donors (Lipinski definition) is 0. The predicted molar refractivity (Wildman–Crippen MR) is 142 cm³/mol. The number of halogens is 1. The molecule has 0 radical (unpaired) electrons. The van der Waals surface area contributed by atoms with Crippen LogP contribution in [0.5, 0.6) is 11.5 Å². The number of ether oxygens (including phenoxy) is 2. The van der Waals surface area contributed by atoms with Gasteiger partial charge in [0.1, 0.15) is 6.17 Å². The molecular formula is C29H25BrN2O3. The highest BCUT2D eigenvalue weighted by Crippen LogP contribution is 2.45. The fourth-order valence-electron chi connectivity index (χ4n) is 4.63. The number of para-hydroxylation sites is 2. The lowest BCUT2D eigenvalue weighted by atomic mass is 9.98. The van der Waals surface area contributed by atoms with Crippen molar-refractivity contribution in [2.45, 2.75) is 12.7 Å². The molecule has 1 aliphatic heterocycles. The topological polar surface area (TPSA) is 42.0 Å². The van der Waals surface area contributed by atoms with Gasteiger partial charge in [-0.25, -0.2) is 0 Å². The van der Waals surface area contributed by atoms with E-state index in [4.69, 9.17) is 9.47 Å². The molecule has 0 fully saturated rings. The van der Waals surface area contributed by atoms with Gasteiger partial charge in [-0.3, -0.25) is 9.69 Å². The van der Waals surface area contributed by atoms with Gasteiger partial charge in [0.05, 0.1) is 29.9 Å². The normalized spacial score (nSPS) is 15.1. The second kappa shape index (κ2) is 9.84. The molecule has 4 aromatic carbocycles. The molecule has 0 aliphatic carbocycles. The smallest absolute Gasteiger partial charge is 0.262 e. The summed E-state index contributed by atoms with van der Waals surface area (Å²) in [5.41, 5.74) is 4.43. The summed E-state index contributed by atoms with van der Waals surface area (Å²) in [5.74, 6) is 1.16. The Bertz CT molecular complexity index is 1340. The molecule has 35 heavy (non-hydrogen) atoms. The zero-order valence-corrected chi connectivity index (χ0v) is 21.1. The fraction of sp³-hybridized carbons (Fsp3) is 0.138. The molecule has 5 nitrogen and oxygen atoms in total. The second-order valence-electron chi connectivity index (χ2n) is 8.25. The minimum atomic E-state index is -0.420. The molecule has 0 N–H and O–H groups in total. The van der Waals surface area contributed by atoms with Gasteiger partial charge < -0.3 is 14.4 Å². The Balaban J connectivity index is 1.76. The van der Waals surface area contributed by atoms with Crippen LogP contribution >= 0.6 is 15.9 Å². The van der Waals surface area contributed by atoms with Crippen molar-refractivity contribution in [3.8, 4) is 11.5 Å². The van der Waals surface area contributed by atoms with Gasteiger partial charge in [0, 0.05) is 17.8 Å². The molecule has 0 bridgehead atoms. The Labute approximate surface area is 213 Å². The highest BCUT2D eigenvalue weighted by molar-refractivity contribution is 9.10. The summed E-state index contributed by atoms with van der Waals surface area (Å²) in [7, 11) is 3.23. The lowest BCUT2D eigenvalue weighted by Gasteiger charge is -2.46. The van der Waals surface area contributed by atoms with E-state index in [0.717, 1.165) is 27.0 Å². The van der Waals surface area contributed by atoms with Crippen LogP contribution in [-0.2, 0) is 6.54 Å². The van der Waals surface area contributed by atoms with E-state index in [0.29, 0.717) is 23.6 Å². The number of methoxy groups -OCH3 is 2. The Morgan fingerprint density at radius 1 is 0.829 bits per heavy atom. The van der Waals surface area contributed by atoms with Crippen molar-refractivity contribution in [1.29, 1.82) is 0 Å². The molecule has 4 aromatic rings. The van der Waals surface area contributed by atoms with Gasteiger partial charge in [0.25, 0.3) is 5.91 Å². The maximum absolute atomic E-state index is 14.0. The van der Waals surface area contributed by atoms with Crippen molar-refractivity contribution in [2.24, 2.45) is 0 Å². The van der Waals surface area contributed by atoms with Crippen molar-refractivity contribution >= 4 is 33.2 Å². The van der Waals surface area contributed by atoms with Crippen molar-refractivity contribution in [3.63, 3.8) is 0 Å².